The summed E-state index contributed by atoms with van der Waals surface area (Å²) >= 11 is 14.1. The fourth-order valence-corrected chi connectivity index (χ4v) is 4.05. The van der Waals surface area contributed by atoms with Crippen molar-refractivity contribution in [2.45, 2.75) is 23.9 Å². The predicted octanol–water partition coefficient (Wildman–Crippen LogP) is 5.32. The fraction of sp³-hybridized carbons (Fsp3) is 0.250. The van der Waals surface area contributed by atoms with Crippen molar-refractivity contribution in [3.63, 3.8) is 0 Å². The molecule has 0 fully saturated rings. The van der Waals surface area contributed by atoms with Crippen LogP contribution in [0.4, 0.5) is 0 Å². The first-order chi connectivity index (χ1) is 9.74. The topological polar surface area (TPSA) is 12.0 Å². The van der Waals surface area contributed by atoms with Crippen LogP contribution < -0.4 is 5.32 Å². The highest BCUT2D eigenvalue weighted by atomic mass is 35.5. The quantitative estimate of drug-likeness (QED) is 0.820. The van der Waals surface area contributed by atoms with E-state index in [9.17, 15) is 0 Å². The molecule has 0 bridgehead atoms. The van der Waals surface area contributed by atoms with Gasteiger partial charge >= 0.3 is 0 Å². The summed E-state index contributed by atoms with van der Waals surface area (Å²) in [5, 5.41) is 5.02. The van der Waals surface area contributed by atoms with Crippen molar-refractivity contribution < 1.29 is 0 Å². The molecule has 1 unspecified atom stereocenters. The number of fused-ring (bicyclic) bond motifs is 1. The van der Waals surface area contributed by atoms with E-state index in [1.165, 1.54) is 10.5 Å². The molecular weight excluding hydrogens is 309 g/mol. The van der Waals surface area contributed by atoms with Crippen molar-refractivity contribution in [2.24, 2.45) is 0 Å². The molecule has 0 spiro atoms. The van der Waals surface area contributed by atoms with Crippen LogP contribution in [0.25, 0.3) is 0 Å². The lowest BCUT2D eigenvalue weighted by Gasteiger charge is -2.26. The Morgan fingerprint density at radius 2 is 2.00 bits per heavy atom. The molecule has 0 aromatic heterocycles. The number of hydrogen-bond acceptors (Lipinski definition) is 2. The summed E-state index contributed by atoms with van der Waals surface area (Å²) in [5.74, 6) is 1.16. The zero-order valence-corrected chi connectivity index (χ0v) is 13.2. The maximum Gasteiger partial charge on any atom is 0.0465 e. The molecule has 1 heterocycles. The second-order valence-corrected chi connectivity index (χ2v) is 6.82. The summed E-state index contributed by atoms with van der Waals surface area (Å²) < 4.78 is 0. The van der Waals surface area contributed by atoms with Crippen LogP contribution in [0.5, 0.6) is 0 Å². The van der Waals surface area contributed by atoms with Crippen molar-refractivity contribution in [3.05, 3.63) is 63.6 Å². The molecule has 1 aliphatic heterocycles. The molecule has 0 radical (unpaired) electrons. The van der Waals surface area contributed by atoms with Gasteiger partial charge in [0.15, 0.2) is 0 Å². The van der Waals surface area contributed by atoms with E-state index in [1.807, 2.05) is 23.9 Å². The van der Waals surface area contributed by atoms with Crippen LogP contribution in [0, 0.1) is 0 Å². The Morgan fingerprint density at radius 3 is 2.85 bits per heavy atom. The first-order valence-corrected chi connectivity index (χ1v) is 8.37. The lowest BCUT2D eigenvalue weighted by Crippen LogP contribution is -2.24. The van der Waals surface area contributed by atoms with Crippen LogP contribution in [0.2, 0.25) is 10.0 Å². The Hall–Kier alpha value is -0.670. The standard InChI is InChI=1S/C16H15Cl2NS/c17-12-6-5-11(14(18)9-12)10-19-15-7-8-20-16-4-2-1-3-13(15)16/h1-6,9,15,19H,7-8,10H2. The maximum atomic E-state index is 6.22. The first-order valence-electron chi connectivity index (χ1n) is 6.63. The third kappa shape index (κ3) is 3.15. The Kier molecular flexibility index (Phi) is 4.57. The summed E-state index contributed by atoms with van der Waals surface area (Å²) in [6, 6.07) is 14.7. The lowest BCUT2D eigenvalue weighted by molar-refractivity contribution is 0.510. The second kappa shape index (κ2) is 6.40. The molecule has 2 aromatic carbocycles. The number of benzene rings is 2. The molecule has 3 rings (SSSR count). The van der Waals surface area contributed by atoms with Crippen molar-refractivity contribution in [2.75, 3.05) is 5.75 Å². The van der Waals surface area contributed by atoms with Crippen LogP contribution in [0.3, 0.4) is 0 Å². The van der Waals surface area contributed by atoms with E-state index in [-0.39, 0.29) is 0 Å². The summed E-state index contributed by atoms with van der Waals surface area (Å²) in [4.78, 5) is 1.39. The van der Waals surface area contributed by atoms with Crippen LogP contribution in [0.15, 0.2) is 47.4 Å². The Morgan fingerprint density at radius 1 is 1.15 bits per heavy atom. The van der Waals surface area contributed by atoms with E-state index in [2.05, 4.69) is 29.6 Å². The molecule has 0 aliphatic carbocycles. The minimum absolute atomic E-state index is 0.402. The van der Waals surface area contributed by atoms with E-state index >= 15 is 0 Å². The summed E-state index contributed by atoms with van der Waals surface area (Å²) in [5.41, 5.74) is 2.49. The molecule has 0 saturated heterocycles. The van der Waals surface area contributed by atoms with Gasteiger partial charge in [0.05, 0.1) is 0 Å². The summed E-state index contributed by atoms with van der Waals surface area (Å²) in [6.45, 7) is 0.764. The van der Waals surface area contributed by atoms with Crippen LogP contribution in [0.1, 0.15) is 23.6 Å². The SMILES string of the molecule is Clc1ccc(CNC2CCSc3ccccc32)c(Cl)c1. The zero-order valence-electron chi connectivity index (χ0n) is 10.9. The van der Waals surface area contributed by atoms with E-state index in [0.29, 0.717) is 11.1 Å². The highest BCUT2D eigenvalue weighted by Gasteiger charge is 2.19. The van der Waals surface area contributed by atoms with E-state index in [4.69, 9.17) is 23.2 Å². The lowest BCUT2D eigenvalue weighted by atomic mass is 10.0. The molecule has 1 N–H and O–H groups in total. The maximum absolute atomic E-state index is 6.22. The van der Waals surface area contributed by atoms with Crippen LogP contribution in [-0.2, 0) is 6.54 Å². The van der Waals surface area contributed by atoms with Gasteiger partial charge < -0.3 is 5.32 Å². The van der Waals surface area contributed by atoms with Crippen LogP contribution >= 0.6 is 35.0 Å². The summed E-state index contributed by atoms with van der Waals surface area (Å²) in [7, 11) is 0. The number of thioether (sulfide) groups is 1. The van der Waals surface area contributed by atoms with Crippen molar-refractivity contribution in [1.82, 2.24) is 5.32 Å². The molecule has 0 saturated carbocycles. The molecule has 104 valence electrons. The highest BCUT2D eigenvalue weighted by Crippen LogP contribution is 2.36. The van der Waals surface area contributed by atoms with Gasteiger partial charge in [-0.25, -0.2) is 0 Å². The van der Waals surface area contributed by atoms with Gasteiger partial charge in [-0.1, -0.05) is 47.5 Å². The largest absolute Gasteiger partial charge is 0.306 e. The van der Waals surface area contributed by atoms with Crippen LogP contribution in [-0.4, -0.2) is 5.75 Å². The first kappa shape index (κ1) is 14.3. The molecule has 0 amide bonds. The number of hydrogen-bond donors (Lipinski definition) is 1. The van der Waals surface area contributed by atoms with Crippen molar-refractivity contribution in [3.8, 4) is 0 Å². The average molecular weight is 324 g/mol. The Bertz CT molecular complexity index is 615. The highest BCUT2D eigenvalue weighted by molar-refractivity contribution is 7.99. The average Bonchev–Trinajstić information content (AvgIpc) is 2.46. The fourth-order valence-electron chi connectivity index (χ4n) is 2.45. The molecule has 20 heavy (non-hydrogen) atoms. The van der Waals surface area contributed by atoms with Gasteiger partial charge in [0, 0.05) is 27.5 Å². The third-order valence-electron chi connectivity index (χ3n) is 3.51. The Balaban J connectivity index is 1.73. The number of nitrogens with one attached hydrogen (secondary N) is 1. The van der Waals surface area contributed by atoms with Gasteiger partial charge in [0.1, 0.15) is 0 Å². The van der Waals surface area contributed by atoms with Gasteiger partial charge in [-0.2, -0.15) is 0 Å². The van der Waals surface area contributed by atoms with E-state index in [0.717, 1.165) is 29.3 Å². The Labute approximate surface area is 133 Å². The number of rotatable bonds is 3. The molecule has 2 aromatic rings. The third-order valence-corrected chi connectivity index (χ3v) is 5.22. The molecule has 1 nitrogen and oxygen atoms in total. The van der Waals surface area contributed by atoms with Gasteiger partial charge in [-0.15, -0.1) is 11.8 Å². The smallest absolute Gasteiger partial charge is 0.0465 e. The van der Waals surface area contributed by atoms with Crippen molar-refractivity contribution >= 4 is 35.0 Å². The summed E-state index contributed by atoms with van der Waals surface area (Å²) in [6.07, 6.45) is 1.15. The normalized spacial score (nSPS) is 17.8. The van der Waals surface area contributed by atoms with Gasteiger partial charge in [-0.05, 0) is 41.5 Å². The zero-order chi connectivity index (χ0) is 13.9. The minimum Gasteiger partial charge on any atom is -0.306 e. The molecule has 1 aliphatic rings. The van der Waals surface area contributed by atoms with Gasteiger partial charge in [0.25, 0.3) is 0 Å². The van der Waals surface area contributed by atoms with E-state index < -0.39 is 0 Å². The molecular formula is C16H15Cl2NS. The minimum atomic E-state index is 0.402. The molecule has 1 atom stereocenters. The van der Waals surface area contributed by atoms with E-state index in [1.54, 1.807) is 6.07 Å². The van der Waals surface area contributed by atoms with Gasteiger partial charge in [0.2, 0.25) is 0 Å². The monoisotopic (exact) mass is 323 g/mol. The predicted molar refractivity (Wildman–Crippen MR) is 87.8 cm³/mol. The second-order valence-electron chi connectivity index (χ2n) is 4.84. The van der Waals surface area contributed by atoms with Gasteiger partial charge in [-0.3, -0.25) is 0 Å². The number of halogens is 2. The molecule has 4 heteroatoms. The van der Waals surface area contributed by atoms with Crippen molar-refractivity contribution in [1.29, 1.82) is 0 Å².